The van der Waals surface area contributed by atoms with Crippen LogP contribution >= 0.6 is 0 Å². The number of hydrogen-bond acceptors (Lipinski definition) is 4. The second-order valence-corrected chi connectivity index (χ2v) is 3.53. The Balaban J connectivity index is 0.000000492. The number of aromatic nitrogens is 3. The van der Waals surface area contributed by atoms with Gasteiger partial charge >= 0.3 is 5.97 Å². The zero-order valence-electron chi connectivity index (χ0n) is 10.2. The zero-order valence-corrected chi connectivity index (χ0v) is 10.2. The van der Waals surface area contributed by atoms with Gasteiger partial charge in [-0.2, -0.15) is 0 Å². The lowest BCUT2D eigenvalue weighted by atomic mass is 10.2. The molecule has 0 radical (unpaired) electrons. The topological polar surface area (TPSA) is 88.2 Å². The van der Waals surface area contributed by atoms with Crippen molar-refractivity contribution in [1.29, 1.82) is 0 Å². The van der Waals surface area contributed by atoms with Gasteiger partial charge in [0.05, 0.1) is 12.4 Å². The fourth-order valence-corrected chi connectivity index (χ4v) is 1.23. The first-order valence-corrected chi connectivity index (χ1v) is 5.53. The Labute approximate surface area is 104 Å². The molecule has 0 aliphatic rings. The Morgan fingerprint density at radius 3 is 2.56 bits per heavy atom. The van der Waals surface area contributed by atoms with E-state index in [-0.39, 0.29) is 17.0 Å². The molecule has 0 spiro atoms. The van der Waals surface area contributed by atoms with Gasteiger partial charge in [-0.05, 0) is 12.1 Å². The summed E-state index contributed by atoms with van der Waals surface area (Å²) >= 11 is 0. The van der Waals surface area contributed by atoms with E-state index in [4.69, 9.17) is 5.11 Å². The molecule has 0 bridgehead atoms. The van der Waals surface area contributed by atoms with E-state index < -0.39 is 5.97 Å². The van der Waals surface area contributed by atoms with Crippen molar-refractivity contribution in [2.75, 3.05) is 0 Å². The van der Waals surface area contributed by atoms with Crippen molar-refractivity contribution in [3.8, 4) is 11.4 Å². The van der Waals surface area contributed by atoms with Gasteiger partial charge in [-0.3, -0.25) is 0 Å². The van der Waals surface area contributed by atoms with E-state index in [2.05, 4.69) is 24.2 Å². The monoisotopic (exact) mass is 249 g/mol. The number of carboxylic acids is 1. The highest BCUT2D eigenvalue weighted by Crippen LogP contribution is 2.24. The Bertz CT molecular complexity index is 509. The molecule has 1 aromatic carbocycles. The Hall–Kier alpha value is -2.37. The maximum Gasteiger partial charge on any atom is 0.339 e. The van der Waals surface area contributed by atoms with Gasteiger partial charge in [0.2, 0.25) is 0 Å². The van der Waals surface area contributed by atoms with Crippen LogP contribution in [0, 0.1) is 0 Å². The highest BCUT2D eigenvalue weighted by atomic mass is 16.4. The van der Waals surface area contributed by atoms with Crippen molar-refractivity contribution in [3.63, 3.8) is 0 Å². The minimum Gasteiger partial charge on any atom is -0.505 e. The van der Waals surface area contributed by atoms with Crippen molar-refractivity contribution in [2.45, 2.75) is 20.3 Å². The SMILES string of the molecule is CCC.O=C(O)c1cccc(-n2ccnn2)c1O. The van der Waals surface area contributed by atoms with Gasteiger partial charge in [0.15, 0.2) is 5.75 Å². The molecule has 0 aliphatic heterocycles. The van der Waals surface area contributed by atoms with E-state index >= 15 is 0 Å². The summed E-state index contributed by atoms with van der Waals surface area (Å²) in [5, 5.41) is 25.7. The molecule has 6 nitrogen and oxygen atoms in total. The molecule has 2 N–H and O–H groups in total. The third-order valence-corrected chi connectivity index (χ3v) is 1.91. The zero-order chi connectivity index (χ0) is 13.5. The third kappa shape index (κ3) is 3.07. The van der Waals surface area contributed by atoms with Crippen LogP contribution in [0.15, 0.2) is 30.6 Å². The number of para-hydroxylation sites is 1. The summed E-state index contributed by atoms with van der Waals surface area (Å²) in [5.74, 6) is -1.51. The highest BCUT2D eigenvalue weighted by molar-refractivity contribution is 5.92. The predicted molar refractivity (Wildman–Crippen MR) is 65.9 cm³/mol. The number of carbonyl (C=O) groups is 1. The molecule has 6 heteroatoms. The van der Waals surface area contributed by atoms with Gasteiger partial charge in [-0.1, -0.05) is 31.5 Å². The van der Waals surface area contributed by atoms with Crippen LogP contribution in [0.3, 0.4) is 0 Å². The van der Waals surface area contributed by atoms with Gasteiger partial charge < -0.3 is 10.2 Å². The van der Waals surface area contributed by atoms with Gasteiger partial charge in [-0.15, -0.1) is 5.10 Å². The summed E-state index contributed by atoms with van der Waals surface area (Å²) in [7, 11) is 0. The minimum atomic E-state index is -1.19. The number of aromatic carboxylic acids is 1. The van der Waals surface area contributed by atoms with Gasteiger partial charge in [0.1, 0.15) is 11.3 Å². The van der Waals surface area contributed by atoms with Crippen LogP contribution in [0.1, 0.15) is 30.6 Å². The summed E-state index contributed by atoms with van der Waals surface area (Å²) in [6.07, 6.45) is 4.20. The van der Waals surface area contributed by atoms with Crippen LogP contribution in [-0.4, -0.2) is 31.2 Å². The maximum atomic E-state index is 10.7. The van der Waals surface area contributed by atoms with E-state index in [1.807, 2.05) is 0 Å². The Morgan fingerprint density at radius 1 is 1.39 bits per heavy atom. The quantitative estimate of drug-likeness (QED) is 0.850. The molecule has 0 aliphatic carbocycles. The summed E-state index contributed by atoms with van der Waals surface area (Å²) in [4.78, 5) is 10.7. The summed E-state index contributed by atoms with van der Waals surface area (Å²) in [6, 6.07) is 4.40. The fourth-order valence-electron chi connectivity index (χ4n) is 1.23. The molecule has 2 aromatic rings. The van der Waals surface area contributed by atoms with Crippen molar-refractivity contribution >= 4 is 5.97 Å². The Morgan fingerprint density at radius 2 is 2.06 bits per heavy atom. The molecule has 1 heterocycles. The third-order valence-electron chi connectivity index (χ3n) is 1.91. The first-order chi connectivity index (χ1) is 8.61. The summed E-state index contributed by atoms with van der Waals surface area (Å²) < 4.78 is 1.29. The molecular formula is C12H15N3O3. The number of benzene rings is 1. The Kier molecular flexibility index (Phi) is 4.86. The smallest absolute Gasteiger partial charge is 0.339 e. The van der Waals surface area contributed by atoms with E-state index in [1.54, 1.807) is 6.07 Å². The number of hydrogen-bond donors (Lipinski definition) is 2. The number of nitrogens with zero attached hydrogens (tertiary/aromatic N) is 3. The maximum absolute atomic E-state index is 10.7. The number of rotatable bonds is 2. The number of phenols is 1. The van der Waals surface area contributed by atoms with Crippen molar-refractivity contribution < 1.29 is 15.0 Å². The average molecular weight is 249 g/mol. The molecule has 1 aromatic heterocycles. The van der Waals surface area contributed by atoms with Crippen molar-refractivity contribution in [2.24, 2.45) is 0 Å². The van der Waals surface area contributed by atoms with Crippen molar-refractivity contribution in [1.82, 2.24) is 15.0 Å². The predicted octanol–water partition coefficient (Wildman–Crippen LogP) is 2.09. The van der Waals surface area contributed by atoms with Crippen LogP contribution in [0.4, 0.5) is 0 Å². The van der Waals surface area contributed by atoms with Crippen LogP contribution in [0.5, 0.6) is 5.75 Å². The van der Waals surface area contributed by atoms with E-state index in [9.17, 15) is 9.90 Å². The molecule has 2 rings (SSSR count). The molecule has 18 heavy (non-hydrogen) atoms. The fraction of sp³-hybridized carbons (Fsp3) is 0.250. The molecule has 0 saturated heterocycles. The summed E-state index contributed by atoms with van der Waals surface area (Å²) in [6.45, 7) is 4.25. The largest absolute Gasteiger partial charge is 0.505 e. The molecule has 0 amide bonds. The number of carboxylic acid groups (broad SMARTS) is 1. The van der Waals surface area contributed by atoms with Crippen LogP contribution in [-0.2, 0) is 0 Å². The van der Waals surface area contributed by atoms with Gasteiger partial charge in [0, 0.05) is 0 Å². The molecule has 96 valence electrons. The minimum absolute atomic E-state index is 0.164. The number of aromatic hydroxyl groups is 1. The molecular weight excluding hydrogens is 234 g/mol. The first-order valence-electron chi connectivity index (χ1n) is 5.53. The van der Waals surface area contributed by atoms with Gasteiger partial charge in [0.25, 0.3) is 0 Å². The second-order valence-electron chi connectivity index (χ2n) is 3.53. The lowest BCUT2D eigenvalue weighted by Gasteiger charge is -2.05. The lowest BCUT2D eigenvalue weighted by Crippen LogP contribution is -2.01. The normalized spacial score (nSPS) is 9.44. The lowest BCUT2D eigenvalue weighted by molar-refractivity contribution is 0.0693. The standard InChI is InChI=1S/C9H7N3O3.C3H8/c13-8-6(9(14)15)2-1-3-7(8)12-5-4-10-11-12;1-3-2/h1-5,13H,(H,14,15);3H2,1-2H3. The molecule has 0 unspecified atom stereocenters. The second kappa shape index (κ2) is 6.39. The molecule has 0 atom stereocenters. The van der Waals surface area contributed by atoms with Crippen LogP contribution < -0.4 is 0 Å². The van der Waals surface area contributed by atoms with Crippen LogP contribution in [0.25, 0.3) is 5.69 Å². The average Bonchev–Trinajstić information content (AvgIpc) is 2.83. The summed E-state index contributed by atoms with van der Waals surface area (Å²) in [5.41, 5.74) is 0.121. The molecule has 0 fully saturated rings. The van der Waals surface area contributed by atoms with Crippen LogP contribution in [0.2, 0.25) is 0 Å². The first kappa shape index (κ1) is 13.7. The van der Waals surface area contributed by atoms with E-state index in [1.165, 1.54) is 35.6 Å². The van der Waals surface area contributed by atoms with Gasteiger partial charge in [-0.25, -0.2) is 9.48 Å². The molecule has 0 saturated carbocycles. The van der Waals surface area contributed by atoms with E-state index in [0.717, 1.165) is 0 Å². The van der Waals surface area contributed by atoms with E-state index in [0.29, 0.717) is 0 Å². The van der Waals surface area contributed by atoms with Crippen molar-refractivity contribution in [3.05, 3.63) is 36.2 Å². The highest BCUT2D eigenvalue weighted by Gasteiger charge is 2.14.